The van der Waals surface area contributed by atoms with E-state index in [1.54, 1.807) is 6.07 Å². The predicted octanol–water partition coefficient (Wildman–Crippen LogP) is 3.34. The molecule has 1 N–H and O–H groups in total. The van der Waals surface area contributed by atoms with Gasteiger partial charge in [0.25, 0.3) is 5.91 Å². The zero-order chi connectivity index (χ0) is 14.5. The topological polar surface area (TPSA) is 32.3 Å². The molecule has 0 aromatic heterocycles. The van der Waals surface area contributed by atoms with Crippen molar-refractivity contribution in [3.8, 4) is 0 Å². The second kappa shape index (κ2) is 7.48. The number of halogens is 1. The number of hydrogen-bond donors (Lipinski definition) is 2. The predicted molar refractivity (Wildman–Crippen MR) is 88.6 cm³/mol. The Hall–Kier alpha value is -0.520. The Bertz CT molecular complexity index is 475. The van der Waals surface area contributed by atoms with Crippen LogP contribution in [0.5, 0.6) is 0 Å². The molecule has 1 amide bonds. The first-order valence-corrected chi connectivity index (χ1v) is 8.32. The Kier molecular flexibility index (Phi) is 5.93. The first-order valence-electron chi connectivity index (χ1n) is 7.08. The normalized spacial score (nSPS) is 17.8. The highest BCUT2D eigenvalue weighted by Crippen LogP contribution is 2.19. The fraction of sp³-hybridized carbons (Fsp3) is 0.533. The Balaban J connectivity index is 1.88. The van der Waals surface area contributed by atoms with Gasteiger partial charge in [-0.05, 0) is 51.1 Å². The average molecular weight is 357 g/mol. The van der Waals surface area contributed by atoms with Gasteiger partial charge in [0, 0.05) is 22.0 Å². The number of hydrogen-bond acceptors (Lipinski definition) is 3. The maximum atomic E-state index is 12.2. The molecule has 1 aliphatic heterocycles. The minimum Gasteiger partial charge on any atom is -0.350 e. The van der Waals surface area contributed by atoms with E-state index in [-0.39, 0.29) is 5.91 Å². The number of rotatable bonds is 4. The minimum absolute atomic E-state index is 0.0497. The smallest absolute Gasteiger partial charge is 0.252 e. The molecule has 0 bridgehead atoms. The SMILES string of the molecule is CC(CNC(=O)c1ccc(Br)cc1S)N1CCCCC1. The molecular formula is C15H21BrN2OS. The quantitative estimate of drug-likeness (QED) is 0.810. The average Bonchev–Trinajstić information content (AvgIpc) is 2.45. The zero-order valence-corrected chi connectivity index (χ0v) is 14.2. The lowest BCUT2D eigenvalue weighted by atomic mass is 10.1. The van der Waals surface area contributed by atoms with Gasteiger partial charge in [0.05, 0.1) is 5.56 Å². The van der Waals surface area contributed by atoms with Crippen LogP contribution in [0, 0.1) is 0 Å². The summed E-state index contributed by atoms with van der Waals surface area (Å²) >= 11 is 7.72. The van der Waals surface area contributed by atoms with Crippen molar-refractivity contribution in [2.75, 3.05) is 19.6 Å². The van der Waals surface area contributed by atoms with Crippen LogP contribution in [-0.4, -0.2) is 36.5 Å². The molecule has 1 fully saturated rings. The number of carbonyl (C=O) groups is 1. The number of likely N-dealkylation sites (tertiary alicyclic amines) is 1. The maximum absolute atomic E-state index is 12.2. The van der Waals surface area contributed by atoms with E-state index in [2.05, 4.69) is 45.7 Å². The monoisotopic (exact) mass is 356 g/mol. The molecule has 0 aliphatic carbocycles. The molecule has 0 radical (unpaired) electrons. The van der Waals surface area contributed by atoms with Gasteiger partial charge in [-0.25, -0.2) is 0 Å². The second-order valence-corrected chi connectivity index (χ2v) is 6.71. The number of thiol groups is 1. The highest BCUT2D eigenvalue weighted by molar-refractivity contribution is 9.10. The molecule has 1 atom stereocenters. The summed E-state index contributed by atoms with van der Waals surface area (Å²) < 4.78 is 0.931. The molecular weight excluding hydrogens is 336 g/mol. The third-order valence-corrected chi connectivity index (χ3v) is 4.64. The summed E-state index contributed by atoms with van der Waals surface area (Å²) in [6.45, 7) is 5.15. The standard InChI is InChI=1S/C15H21BrN2OS/c1-11(18-7-3-2-4-8-18)10-17-15(19)13-6-5-12(16)9-14(13)20/h5-6,9,11,20H,2-4,7-8,10H2,1H3,(H,17,19). The van der Waals surface area contributed by atoms with E-state index in [0.29, 0.717) is 23.0 Å². The van der Waals surface area contributed by atoms with Crippen LogP contribution in [0.3, 0.4) is 0 Å². The van der Waals surface area contributed by atoms with Crippen molar-refractivity contribution in [3.63, 3.8) is 0 Å². The van der Waals surface area contributed by atoms with Gasteiger partial charge in [-0.3, -0.25) is 9.69 Å². The summed E-state index contributed by atoms with van der Waals surface area (Å²) in [5.41, 5.74) is 0.627. The summed E-state index contributed by atoms with van der Waals surface area (Å²) in [5.74, 6) is -0.0497. The van der Waals surface area contributed by atoms with Crippen LogP contribution in [0.2, 0.25) is 0 Å². The second-order valence-electron chi connectivity index (χ2n) is 5.32. The van der Waals surface area contributed by atoms with Crippen LogP contribution in [-0.2, 0) is 0 Å². The Morgan fingerprint density at radius 3 is 2.75 bits per heavy atom. The number of amides is 1. The number of carbonyl (C=O) groups excluding carboxylic acids is 1. The zero-order valence-electron chi connectivity index (χ0n) is 11.7. The van der Waals surface area contributed by atoms with Crippen LogP contribution in [0.4, 0.5) is 0 Å². The fourth-order valence-electron chi connectivity index (χ4n) is 2.52. The molecule has 3 nitrogen and oxygen atoms in total. The maximum Gasteiger partial charge on any atom is 0.252 e. The summed E-state index contributed by atoms with van der Waals surface area (Å²) in [7, 11) is 0. The van der Waals surface area contributed by atoms with Gasteiger partial charge in [0.15, 0.2) is 0 Å². The van der Waals surface area contributed by atoms with E-state index in [1.807, 2.05) is 12.1 Å². The number of nitrogens with one attached hydrogen (secondary N) is 1. The summed E-state index contributed by atoms with van der Waals surface area (Å²) in [4.78, 5) is 15.3. The lowest BCUT2D eigenvalue weighted by molar-refractivity contribution is 0.0927. The lowest BCUT2D eigenvalue weighted by Gasteiger charge is -2.32. The van der Waals surface area contributed by atoms with Crippen molar-refractivity contribution < 1.29 is 4.79 Å². The number of piperidine rings is 1. The highest BCUT2D eigenvalue weighted by atomic mass is 79.9. The Labute approximate surface area is 134 Å². The van der Waals surface area contributed by atoms with Crippen LogP contribution < -0.4 is 5.32 Å². The molecule has 1 aromatic carbocycles. The Morgan fingerprint density at radius 1 is 1.40 bits per heavy atom. The van der Waals surface area contributed by atoms with Crippen LogP contribution >= 0.6 is 28.6 Å². The van der Waals surface area contributed by atoms with Crippen LogP contribution in [0.1, 0.15) is 36.5 Å². The largest absolute Gasteiger partial charge is 0.350 e. The number of benzene rings is 1. The van der Waals surface area contributed by atoms with Gasteiger partial charge in [0.1, 0.15) is 0 Å². The first kappa shape index (κ1) is 15.9. The van der Waals surface area contributed by atoms with E-state index in [9.17, 15) is 4.79 Å². The van der Waals surface area contributed by atoms with Gasteiger partial charge < -0.3 is 5.32 Å². The van der Waals surface area contributed by atoms with Crippen molar-refractivity contribution in [2.24, 2.45) is 0 Å². The van der Waals surface area contributed by atoms with E-state index in [4.69, 9.17) is 0 Å². The third-order valence-electron chi connectivity index (χ3n) is 3.78. The van der Waals surface area contributed by atoms with Crippen molar-refractivity contribution >= 4 is 34.5 Å². The molecule has 2 rings (SSSR count). The highest BCUT2D eigenvalue weighted by Gasteiger charge is 2.18. The number of nitrogens with zero attached hydrogens (tertiary/aromatic N) is 1. The molecule has 1 heterocycles. The molecule has 110 valence electrons. The van der Waals surface area contributed by atoms with Gasteiger partial charge in [0.2, 0.25) is 0 Å². The summed E-state index contributed by atoms with van der Waals surface area (Å²) in [6, 6.07) is 5.89. The van der Waals surface area contributed by atoms with Crippen LogP contribution in [0.15, 0.2) is 27.6 Å². The fourth-order valence-corrected chi connectivity index (χ4v) is 3.37. The molecule has 0 spiro atoms. The lowest BCUT2D eigenvalue weighted by Crippen LogP contribution is -2.44. The third kappa shape index (κ3) is 4.24. The molecule has 0 saturated carbocycles. The van der Waals surface area contributed by atoms with E-state index >= 15 is 0 Å². The van der Waals surface area contributed by atoms with E-state index in [0.717, 1.165) is 17.6 Å². The van der Waals surface area contributed by atoms with Crippen molar-refractivity contribution in [1.29, 1.82) is 0 Å². The molecule has 1 saturated heterocycles. The van der Waals surface area contributed by atoms with Gasteiger partial charge in [-0.15, -0.1) is 12.6 Å². The molecule has 1 aliphatic rings. The van der Waals surface area contributed by atoms with Crippen molar-refractivity contribution in [1.82, 2.24) is 10.2 Å². The molecule has 5 heteroatoms. The molecule has 1 unspecified atom stereocenters. The van der Waals surface area contributed by atoms with Gasteiger partial charge in [-0.2, -0.15) is 0 Å². The molecule has 20 heavy (non-hydrogen) atoms. The summed E-state index contributed by atoms with van der Waals surface area (Å²) in [6.07, 6.45) is 3.87. The van der Waals surface area contributed by atoms with Crippen LogP contribution in [0.25, 0.3) is 0 Å². The van der Waals surface area contributed by atoms with Crippen molar-refractivity contribution in [2.45, 2.75) is 37.1 Å². The first-order chi connectivity index (χ1) is 9.58. The van der Waals surface area contributed by atoms with E-state index < -0.39 is 0 Å². The van der Waals surface area contributed by atoms with E-state index in [1.165, 1.54) is 19.3 Å². The summed E-state index contributed by atoms with van der Waals surface area (Å²) in [5, 5.41) is 3.01. The minimum atomic E-state index is -0.0497. The van der Waals surface area contributed by atoms with Gasteiger partial charge in [-0.1, -0.05) is 22.4 Å². The van der Waals surface area contributed by atoms with Crippen molar-refractivity contribution in [3.05, 3.63) is 28.2 Å². The van der Waals surface area contributed by atoms with Gasteiger partial charge >= 0.3 is 0 Å². The Morgan fingerprint density at radius 2 is 2.10 bits per heavy atom. The molecule has 1 aromatic rings.